The fourth-order valence-corrected chi connectivity index (χ4v) is 48.4. The molecule has 0 atom stereocenters. The van der Waals surface area contributed by atoms with Crippen molar-refractivity contribution >= 4 is 205 Å². The number of rotatable bonds is 3. The molecular formula is C74H50B11N4P2-2. The second-order valence-corrected chi connectivity index (χ2v) is 42.5. The number of nitrogens with zero attached hydrogens (tertiary/aromatic N) is 3. The molecule has 91 heavy (non-hydrogen) atoms. The SMILES string of the molecule is Cc1ccc2c3cccc4c3n(c2c1)-c1cccc2c1B4c1ccccc1-2.Cc1cccc2c3cccc4c3n(c12)-c1cccc2c1B4c1ccccc1-2.[B]1B2B3[BH2-]P123NP12(c3ccc4c(c3)c3cccc5c3n4-c3cccc4c3B5c3ccccc3-4)B3[BH2-]B1B32. The summed E-state index contributed by atoms with van der Waals surface area (Å²) in [5.41, 5.74) is 36.7. The summed E-state index contributed by atoms with van der Waals surface area (Å²) in [6.07, 6.45) is 3.01. The Bertz CT molecular complexity index is 6150. The molecule has 0 amide bonds. The van der Waals surface area contributed by atoms with E-state index in [4.69, 9.17) is 4.86 Å². The van der Waals surface area contributed by atoms with Gasteiger partial charge in [-0.05, 0) is 87.3 Å². The van der Waals surface area contributed by atoms with E-state index >= 15 is 0 Å². The average molecular weight is 1180 g/mol. The van der Waals surface area contributed by atoms with Crippen LogP contribution < -0.4 is 59.3 Å². The normalized spacial score (nSPS) is 19.0. The molecule has 7 fully saturated rings. The van der Waals surface area contributed by atoms with E-state index in [0.29, 0.717) is 34.1 Å². The number of nitrogens with one attached hydrogen (secondary N) is 1. The summed E-state index contributed by atoms with van der Waals surface area (Å²) in [6, 6.07) is 89.9. The van der Waals surface area contributed by atoms with Crippen molar-refractivity contribution in [3.63, 3.8) is 0 Å². The third kappa shape index (κ3) is 5.09. The number of aromatic nitrogens is 3. The molecule has 15 aromatic rings. The maximum absolute atomic E-state index is 4.80. The minimum atomic E-state index is -1.71. The summed E-state index contributed by atoms with van der Waals surface area (Å²) in [5, 5.41) is 10.3. The van der Waals surface area contributed by atoms with Crippen molar-refractivity contribution in [1.29, 1.82) is 0 Å². The molecule has 1 spiro atoms. The molecule has 13 aliphatic rings. The van der Waals surface area contributed by atoms with Gasteiger partial charge in [-0.25, -0.2) is 0 Å². The second-order valence-electron chi connectivity index (χ2n) is 30.4. The zero-order valence-corrected chi connectivity index (χ0v) is 52.7. The van der Waals surface area contributed by atoms with Gasteiger partial charge in [-0.1, -0.05) is 150 Å². The van der Waals surface area contributed by atoms with Crippen LogP contribution >= 0.6 is 12.7 Å². The van der Waals surface area contributed by atoms with Crippen LogP contribution in [0.4, 0.5) is 0 Å². The standard InChI is InChI=1S/2C25H16BN.C24H18B9N2P2/c1-15-7-4-10-18-19-11-5-13-21-25(19)27(24(15)18)22-14-6-9-17-16-8-2-3-12-20(16)26(21)23(17)22;1-15-12-13-17-19-8-4-10-21-25(19)27(23(17)14-15)22-11-5-7-18-16-6-2-3-9-20(16)26(21)24(18)22;1-2-8-19-15(5-1)16-6-4-10-22-23(16)28(19)20-9-3-7-17-18-13-14(11-12-21(18)35(22)24(17)20)36(29-25-30(36)33(29)36)34-37-26-31(37)32(37)27-37/h2*2-14H,1H3;1-13,34H,25-26H2/q;;-2. The Hall–Kier alpha value is -8.43. The second kappa shape index (κ2) is 15.2. The van der Waals surface area contributed by atoms with Crippen LogP contribution in [-0.4, -0.2) is 85.7 Å². The molecule has 2 bridgehead atoms. The Kier molecular flexibility index (Phi) is 8.09. The van der Waals surface area contributed by atoms with Gasteiger partial charge in [-0.2, -0.15) is 0 Å². The van der Waals surface area contributed by atoms with Gasteiger partial charge in [0, 0.05) is 44.0 Å². The summed E-state index contributed by atoms with van der Waals surface area (Å²) < 4.78 is 7.67. The molecule has 7 saturated heterocycles. The Balaban J connectivity index is 0.0000000857. The molecule has 13 aliphatic heterocycles. The molecule has 16 heterocycles. The van der Waals surface area contributed by atoms with Gasteiger partial charge in [-0.3, -0.25) is 0 Å². The fraction of sp³-hybridized carbons (Fsp3) is 0.0270. The zero-order valence-electron chi connectivity index (χ0n) is 50.9. The maximum atomic E-state index is 4.80. The Morgan fingerprint density at radius 1 is 0.374 bits per heavy atom. The first kappa shape index (κ1) is 48.4. The van der Waals surface area contributed by atoms with Crippen molar-refractivity contribution in [3.8, 4) is 50.4 Å². The van der Waals surface area contributed by atoms with Crippen LogP contribution in [-0.2, 0) is 0 Å². The van der Waals surface area contributed by atoms with Gasteiger partial charge < -0.3 is 9.13 Å². The van der Waals surface area contributed by atoms with E-state index in [1.165, 1.54) is 195 Å². The molecule has 0 unspecified atom stereocenters. The molecule has 3 aromatic heterocycles. The van der Waals surface area contributed by atoms with Gasteiger partial charge in [0.1, 0.15) is 0 Å². The van der Waals surface area contributed by atoms with Crippen LogP contribution in [0.15, 0.2) is 237 Å². The van der Waals surface area contributed by atoms with E-state index in [0.717, 1.165) is 12.4 Å². The number of aryl methyl sites for hydroxylation is 2. The molecule has 4 nitrogen and oxygen atoms in total. The summed E-state index contributed by atoms with van der Waals surface area (Å²) in [5.74, 6) is 0. The molecular weight excluding hydrogens is 1130 g/mol. The van der Waals surface area contributed by atoms with E-state index in [1.807, 2.05) is 5.30 Å². The van der Waals surface area contributed by atoms with Crippen molar-refractivity contribution in [1.82, 2.24) is 18.6 Å². The van der Waals surface area contributed by atoms with E-state index < -0.39 is 12.7 Å². The molecule has 12 aromatic carbocycles. The topological polar surface area (TPSA) is 26.8 Å². The molecule has 0 saturated carbocycles. The van der Waals surface area contributed by atoms with Gasteiger partial charge in [0.05, 0.1) is 11.0 Å². The summed E-state index contributed by atoms with van der Waals surface area (Å²) >= 11 is 0. The van der Waals surface area contributed by atoms with Crippen molar-refractivity contribution < 1.29 is 0 Å². The van der Waals surface area contributed by atoms with Crippen LogP contribution in [0, 0.1) is 13.8 Å². The van der Waals surface area contributed by atoms with Gasteiger partial charge in [0.25, 0.3) is 0 Å². The number of hydrogen-bond donors (Lipinski definition) is 1. The third-order valence-corrected chi connectivity index (χ3v) is 45.4. The molecule has 411 valence electrons. The Morgan fingerprint density at radius 2 is 0.813 bits per heavy atom. The summed E-state index contributed by atoms with van der Waals surface area (Å²) in [4.78, 5) is 4.80. The van der Waals surface area contributed by atoms with Crippen molar-refractivity contribution in [3.05, 3.63) is 248 Å². The quantitative estimate of drug-likeness (QED) is 0.143. The van der Waals surface area contributed by atoms with Crippen molar-refractivity contribution in [2.45, 2.75) is 13.8 Å². The first-order chi connectivity index (χ1) is 44.9. The number of hydrogen-bond acceptors (Lipinski definition) is 1. The van der Waals surface area contributed by atoms with E-state index in [1.54, 1.807) is 0 Å². The summed E-state index contributed by atoms with van der Waals surface area (Å²) in [6.45, 7) is 8.74. The first-order valence-corrected chi connectivity index (χ1v) is 39.3. The number of para-hydroxylation sites is 4. The number of fused-ring (bicyclic) bond motifs is 25. The molecule has 17 heteroatoms. The minimum absolute atomic E-state index is 0.341. The predicted octanol–water partition coefficient (Wildman–Crippen LogP) is 7.68. The van der Waals surface area contributed by atoms with Gasteiger partial charge in [0.15, 0.2) is 0 Å². The van der Waals surface area contributed by atoms with Gasteiger partial charge >= 0.3 is 220 Å². The van der Waals surface area contributed by atoms with Crippen LogP contribution in [0.3, 0.4) is 0 Å². The van der Waals surface area contributed by atoms with Gasteiger partial charge in [0.2, 0.25) is 13.4 Å². The fourth-order valence-electron chi connectivity index (χ4n) is 23.4. The number of benzene rings is 12. The van der Waals surface area contributed by atoms with Crippen LogP contribution in [0.5, 0.6) is 0 Å². The molecule has 28 rings (SSSR count). The average Bonchev–Trinajstić information content (AvgIpc) is 1.33. The van der Waals surface area contributed by atoms with Crippen LogP contribution in [0.25, 0.3) is 116 Å². The van der Waals surface area contributed by atoms with Crippen LogP contribution in [0.1, 0.15) is 11.1 Å². The van der Waals surface area contributed by atoms with E-state index in [2.05, 4.69) is 271 Å². The van der Waals surface area contributed by atoms with E-state index in [-0.39, 0.29) is 0 Å². The van der Waals surface area contributed by atoms with Crippen LogP contribution in [0.2, 0.25) is 0 Å². The first-order valence-electron chi connectivity index (χ1n) is 34.0. The summed E-state index contributed by atoms with van der Waals surface area (Å²) in [7, 11) is 0.360. The molecule has 1 radical (unpaired) electrons. The molecule has 0 aliphatic carbocycles. The van der Waals surface area contributed by atoms with Crippen molar-refractivity contribution in [2.75, 3.05) is 0 Å². The van der Waals surface area contributed by atoms with E-state index in [9.17, 15) is 0 Å². The third-order valence-electron chi connectivity index (χ3n) is 27.6. The zero-order chi connectivity index (χ0) is 58.7. The van der Waals surface area contributed by atoms with Gasteiger partial charge in [-0.15, -0.1) is 0 Å². The van der Waals surface area contributed by atoms with Crippen molar-refractivity contribution in [2.24, 2.45) is 0 Å². The Morgan fingerprint density at radius 3 is 1.32 bits per heavy atom. The predicted molar refractivity (Wildman–Crippen MR) is 410 cm³/mol. The monoisotopic (exact) mass is 1180 g/mol. The molecule has 1 N–H and O–H groups in total. The Labute approximate surface area is 531 Å².